The highest BCUT2D eigenvalue weighted by molar-refractivity contribution is 5.44. The lowest BCUT2D eigenvalue weighted by Crippen LogP contribution is -2.53. The molecule has 118 valence electrons. The third-order valence-corrected chi connectivity index (χ3v) is 5.21. The standard InChI is InChI=1S/C19H25NO2/c1-13-5-9-16(22-4)11-18(13)19(21)15(12-20(2)3)8-6-14-7-10-17(14)19/h5,9,11,14-15,17,21H,6,8,12H2,1-4H3. The van der Waals surface area contributed by atoms with Crippen molar-refractivity contribution < 1.29 is 9.84 Å². The third-order valence-electron chi connectivity index (χ3n) is 5.21. The van der Waals surface area contributed by atoms with E-state index in [0.29, 0.717) is 5.92 Å². The van der Waals surface area contributed by atoms with Crippen LogP contribution in [0.4, 0.5) is 0 Å². The summed E-state index contributed by atoms with van der Waals surface area (Å²) in [6.45, 7) is 2.94. The molecule has 3 rings (SSSR count). The van der Waals surface area contributed by atoms with Gasteiger partial charge >= 0.3 is 0 Å². The monoisotopic (exact) mass is 299 g/mol. The van der Waals surface area contributed by atoms with Crippen molar-refractivity contribution in [3.8, 4) is 17.6 Å². The first-order valence-corrected chi connectivity index (χ1v) is 8.00. The maximum atomic E-state index is 11.8. The first kappa shape index (κ1) is 15.4. The lowest BCUT2D eigenvalue weighted by atomic mass is 9.57. The molecule has 0 aromatic heterocycles. The predicted molar refractivity (Wildman–Crippen MR) is 87.7 cm³/mol. The van der Waals surface area contributed by atoms with Gasteiger partial charge < -0.3 is 14.7 Å². The van der Waals surface area contributed by atoms with Gasteiger partial charge in [-0.25, -0.2) is 0 Å². The molecule has 1 aromatic rings. The maximum absolute atomic E-state index is 11.8. The second-order valence-electron chi connectivity index (χ2n) is 6.92. The van der Waals surface area contributed by atoms with Crippen LogP contribution in [0.5, 0.6) is 5.75 Å². The Kier molecular flexibility index (Phi) is 3.92. The van der Waals surface area contributed by atoms with Crippen LogP contribution in [0.2, 0.25) is 0 Å². The summed E-state index contributed by atoms with van der Waals surface area (Å²) < 4.78 is 5.38. The molecule has 1 fully saturated rings. The van der Waals surface area contributed by atoms with Gasteiger partial charge in [-0.3, -0.25) is 0 Å². The van der Waals surface area contributed by atoms with E-state index in [0.717, 1.165) is 36.3 Å². The van der Waals surface area contributed by atoms with Crippen molar-refractivity contribution in [1.29, 1.82) is 0 Å². The summed E-state index contributed by atoms with van der Waals surface area (Å²) in [5, 5.41) is 11.8. The van der Waals surface area contributed by atoms with Crippen LogP contribution in [0.25, 0.3) is 0 Å². The molecule has 22 heavy (non-hydrogen) atoms. The Morgan fingerprint density at radius 3 is 2.68 bits per heavy atom. The van der Waals surface area contributed by atoms with Gasteiger partial charge in [0.25, 0.3) is 0 Å². The SMILES string of the molecule is COc1ccc(C)c(C2(O)C(CN(C)C)CCC3C#CC32)c1. The number of nitrogens with zero attached hydrogens (tertiary/aromatic N) is 1. The first-order chi connectivity index (χ1) is 10.5. The van der Waals surface area contributed by atoms with E-state index in [1.54, 1.807) is 7.11 Å². The van der Waals surface area contributed by atoms with Gasteiger partial charge in [0.2, 0.25) is 0 Å². The molecule has 1 saturated carbocycles. The average molecular weight is 299 g/mol. The highest BCUT2D eigenvalue weighted by Crippen LogP contribution is 2.51. The summed E-state index contributed by atoms with van der Waals surface area (Å²) >= 11 is 0. The van der Waals surface area contributed by atoms with Crippen LogP contribution < -0.4 is 4.74 Å². The topological polar surface area (TPSA) is 32.7 Å². The number of fused-ring (bicyclic) bond motifs is 1. The molecule has 0 bridgehead atoms. The van der Waals surface area contributed by atoms with Crippen molar-refractivity contribution in [2.45, 2.75) is 25.4 Å². The first-order valence-electron chi connectivity index (χ1n) is 8.00. The van der Waals surface area contributed by atoms with Crippen LogP contribution >= 0.6 is 0 Å². The van der Waals surface area contributed by atoms with Crippen LogP contribution in [0.3, 0.4) is 0 Å². The van der Waals surface area contributed by atoms with Crippen LogP contribution in [0.1, 0.15) is 24.0 Å². The molecule has 0 radical (unpaired) electrons. The molecule has 4 atom stereocenters. The van der Waals surface area contributed by atoms with Crippen molar-refractivity contribution in [3.05, 3.63) is 29.3 Å². The largest absolute Gasteiger partial charge is 0.497 e. The summed E-state index contributed by atoms with van der Waals surface area (Å²) in [5.74, 6) is 7.88. The predicted octanol–water partition coefficient (Wildman–Crippen LogP) is 2.41. The highest BCUT2D eigenvalue weighted by atomic mass is 16.5. The fourth-order valence-corrected chi connectivity index (χ4v) is 4.01. The van der Waals surface area contributed by atoms with E-state index in [1.165, 1.54) is 0 Å². The molecule has 2 aliphatic rings. The summed E-state index contributed by atoms with van der Waals surface area (Å²) in [7, 11) is 5.80. The summed E-state index contributed by atoms with van der Waals surface area (Å²) in [6, 6.07) is 5.99. The van der Waals surface area contributed by atoms with Gasteiger partial charge in [-0.2, -0.15) is 0 Å². The van der Waals surface area contributed by atoms with Crippen molar-refractivity contribution in [2.24, 2.45) is 17.8 Å². The lowest BCUT2D eigenvalue weighted by molar-refractivity contribution is -0.106. The zero-order valence-electron chi connectivity index (χ0n) is 13.9. The van der Waals surface area contributed by atoms with E-state index < -0.39 is 5.60 Å². The van der Waals surface area contributed by atoms with E-state index >= 15 is 0 Å². The number of aryl methyl sites for hydroxylation is 1. The molecular formula is C19H25NO2. The minimum Gasteiger partial charge on any atom is -0.497 e. The van der Waals surface area contributed by atoms with Crippen LogP contribution in [0.15, 0.2) is 18.2 Å². The Hall–Kier alpha value is -1.50. The quantitative estimate of drug-likeness (QED) is 0.867. The summed E-state index contributed by atoms with van der Waals surface area (Å²) in [5.41, 5.74) is 1.22. The lowest BCUT2D eigenvalue weighted by Gasteiger charge is -2.50. The highest BCUT2D eigenvalue weighted by Gasteiger charge is 2.53. The second kappa shape index (κ2) is 5.61. The third kappa shape index (κ3) is 2.31. The molecule has 0 spiro atoms. The van der Waals surface area contributed by atoms with E-state index in [-0.39, 0.29) is 11.8 Å². The molecule has 1 N–H and O–H groups in total. The maximum Gasteiger partial charge on any atom is 0.119 e. The number of hydrogen-bond donors (Lipinski definition) is 1. The number of hydrogen-bond acceptors (Lipinski definition) is 3. The van der Waals surface area contributed by atoms with Gasteiger partial charge in [0.15, 0.2) is 0 Å². The van der Waals surface area contributed by atoms with E-state index in [2.05, 4.69) is 37.8 Å². The Labute approximate surface area is 133 Å². The second-order valence-corrected chi connectivity index (χ2v) is 6.92. The molecule has 0 aliphatic heterocycles. The zero-order chi connectivity index (χ0) is 15.9. The number of aliphatic hydroxyl groups is 1. The minimum atomic E-state index is -0.878. The van der Waals surface area contributed by atoms with Crippen molar-refractivity contribution in [2.75, 3.05) is 27.7 Å². The fraction of sp³-hybridized carbons (Fsp3) is 0.579. The molecule has 0 amide bonds. The Balaban J connectivity index is 2.07. The van der Waals surface area contributed by atoms with Gasteiger partial charge in [-0.1, -0.05) is 17.9 Å². The molecular weight excluding hydrogens is 274 g/mol. The zero-order valence-corrected chi connectivity index (χ0v) is 13.9. The van der Waals surface area contributed by atoms with Crippen LogP contribution in [-0.2, 0) is 5.60 Å². The summed E-state index contributed by atoms with van der Waals surface area (Å²) in [4.78, 5) is 2.16. The number of ether oxygens (including phenoxy) is 1. The van der Waals surface area contributed by atoms with Gasteiger partial charge in [0.05, 0.1) is 13.0 Å². The number of benzene rings is 1. The summed E-state index contributed by atoms with van der Waals surface area (Å²) in [6.07, 6.45) is 2.11. The number of methoxy groups -OCH3 is 1. The van der Waals surface area contributed by atoms with E-state index in [4.69, 9.17) is 4.74 Å². The minimum absolute atomic E-state index is 0.0528. The Morgan fingerprint density at radius 1 is 1.32 bits per heavy atom. The Bertz CT molecular complexity index is 628. The molecule has 3 nitrogen and oxygen atoms in total. The van der Waals surface area contributed by atoms with Gasteiger partial charge in [-0.05, 0) is 57.1 Å². The molecule has 4 unspecified atom stereocenters. The van der Waals surface area contributed by atoms with Gasteiger partial charge in [-0.15, -0.1) is 0 Å². The van der Waals surface area contributed by atoms with Crippen molar-refractivity contribution in [3.63, 3.8) is 0 Å². The fourth-order valence-electron chi connectivity index (χ4n) is 4.01. The van der Waals surface area contributed by atoms with Crippen LogP contribution in [0, 0.1) is 36.5 Å². The molecule has 0 heterocycles. The Morgan fingerprint density at radius 2 is 2.09 bits per heavy atom. The average Bonchev–Trinajstić information content (AvgIpc) is 2.43. The van der Waals surface area contributed by atoms with E-state index in [1.807, 2.05) is 18.2 Å². The van der Waals surface area contributed by atoms with Crippen LogP contribution in [-0.4, -0.2) is 37.8 Å². The molecule has 0 saturated heterocycles. The smallest absolute Gasteiger partial charge is 0.119 e. The van der Waals surface area contributed by atoms with Crippen molar-refractivity contribution >= 4 is 0 Å². The van der Waals surface area contributed by atoms with Crippen molar-refractivity contribution in [1.82, 2.24) is 4.90 Å². The van der Waals surface area contributed by atoms with E-state index in [9.17, 15) is 5.11 Å². The number of rotatable bonds is 4. The molecule has 1 aromatic carbocycles. The van der Waals surface area contributed by atoms with Gasteiger partial charge in [0, 0.05) is 18.4 Å². The molecule has 3 heteroatoms. The normalized spacial score (nSPS) is 32.7. The van der Waals surface area contributed by atoms with Gasteiger partial charge in [0.1, 0.15) is 11.4 Å². The molecule has 2 aliphatic carbocycles.